The minimum absolute atomic E-state index is 0.231. The topological polar surface area (TPSA) is 105 Å². The summed E-state index contributed by atoms with van der Waals surface area (Å²) in [6.45, 7) is 0. The number of benzene rings is 1. The summed E-state index contributed by atoms with van der Waals surface area (Å²) < 4.78 is 0. The predicted molar refractivity (Wildman–Crippen MR) is 79.4 cm³/mol. The number of rotatable bonds is 5. The number of aromatic carboxylic acids is 1. The van der Waals surface area contributed by atoms with Crippen molar-refractivity contribution in [1.82, 2.24) is 4.98 Å². The number of anilines is 2. The number of hydrogen-bond donors (Lipinski definition) is 2. The lowest BCUT2D eigenvalue weighted by molar-refractivity contribution is -0.385. The van der Waals surface area contributed by atoms with Gasteiger partial charge in [-0.15, -0.1) is 11.8 Å². The second kappa shape index (κ2) is 6.23. The van der Waals surface area contributed by atoms with Crippen molar-refractivity contribution >= 4 is 34.9 Å². The van der Waals surface area contributed by atoms with E-state index in [0.29, 0.717) is 5.69 Å². The van der Waals surface area contributed by atoms with Crippen LogP contribution in [0, 0.1) is 10.1 Å². The lowest BCUT2D eigenvalue weighted by atomic mass is 10.2. The Bertz CT molecular complexity index is 688. The van der Waals surface area contributed by atoms with E-state index in [4.69, 9.17) is 5.11 Å². The standard InChI is InChI=1S/C13H11N3O4S/c1-21-9-4-2-8(3-5-9)15-12-6-10(13(17)18)11(7-14-12)16(19)20/h2-7H,1H3,(H,14,15)(H,17,18). The molecular weight excluding hydrogens is 294 g/mol. The van der Waals surface area contributed by atoms with E-state index in [-0.39, 0.29) is 5.82 Å². The summed E-state index contributed by atoms with van der Waals surface area (Å²) in [7, 11) is 0. The molecule has 8 heteroatoms. The maximum absolute atomic E-state index is 11.1. The Balaban J connectivity index is 2.29. The van der Waals surface area contributed by atoms with Gasteiger partial charge in [-0.05, 0) is 30.5 Å². The number of carboxylic acids is 1. The van der Waals surface area contributed by atoms with Gasteiger partial charge in [-0.25, -0.2) is 9.78 Å². The second-order valence-electron chi connectivity index (χ2n) is 4.00. The highest BCUT2D eigenvalue weighted by Gasteiger charge is 2.21. The van der Waals surface area contributed by atoms with Crippen LogP contribution in [-0.4, -0.2) is 27.2 Å². The minimum Gasteiger partial charge on any atom is -0.477 e. The van der Waals surface area contributed by atoms with Crippen LogP contribution in [0.3, 0.4) is 0 Å². The van der Waals surface area contributed by atoms with Crippen molar-refractivity contribution in [3.05, 3.63) is 52.2 Å². The molecule has 0 amide bonds. The van der Waals surface area contributed by atoms with Gasteiger partial charge in [0.15, 0.2) is 0 Å². The average Bonchev–Trinajstić information content (AvgIpc) is 2.47. The lowest BCUT2D eigenvalue weighted by Crippen LogP contribution is -2.05. The third-order valence-electron chi connectivity index (χ3n) is 2.67. The molecule has 0 unspecified atom stereocenters. The molecule has 0 bridgehead atoms. The summed E-state index contributed by atoms with van der Waals surface area (Å²) in [4.78, 5) is 26.0. The molecule has 0 aliphatic rings. The monoisotopic (exact) mass is 305 g/mol. The highest BCUT2D eigenvalue weighted by Crippen LogP contribution is 2.24. The zero-order valence-electron chi connectivity index (χ0n) is 10.9. The number of hydrogen-bond acceptors (Lipinski definition) is 6. The molecule has 0 aliphatic heterocycles. The molecule has 7 nitrogen and oxygen atoms in total. The number of carboxylic acid groups (broad SMARTS) is 1. The third-order valence-corrected chi connectivity index (χ3v) is 3.42. The first kappa shape index (κ1) is 14.8. The van der Waals surface area contributed by atoms with Crippen LogP contribution in [0.2, 0.25) is 0 Å². The van der Waals surface area contributed by atoms with Gasteiger partial charge >= 0.3 is 11.7 Å². The maximum atomic E-state index is 11.1. The highest BCUT2D eigenvalue weighted by atomic mass is 32.2. The zero-order chi connectivity index (χ0) is 15.4. The summed E-state index contributed by atoms with van der Waals surface area (Å²) >= 11 is 1.60. The number of thioether (sulfide) groups is 1. The molecule has 2 rings (SSSR count). The first-order valence-electron chi connectivity index (χ1n) is 5.80. The van der Waals surface area contributed by atoms with E-state index in [2.05, 4.69) is 10.3 Å². The van der Waals surface area contributed by atoms with Crippen LogP contribution >= 0.6 is 11.8 Å². The highest BCUT2D eigenvalue weighted by molar-refractivity contribution is 7.98. The van der Waals surface area contributed by atoms with Gasteiger partial charge in [-0.3, -0.25) is 10.1 Å². The van der Waals surface area contributed by atoms with Crippen molar-refractivity contribution in [3.63, 3.8) is 0 Å². The SMILES string of the molecule is CSc1ccc(Nc2cc(C(=O)O)c([N+](=O)[O-])cn2)cc1. The number of nitro groups is 1. The Morgan fingerprint density at radius 3 is 2.57 bits per heavy atom. The van der Waals surface area contributed by atoms with Crippen molar-refractivity contribution < 1.29 is 14.8 Å². The molecule has 21 heavy (non-hydrogen) atoms. The molecular formula is C13H11N3O4S. The van der Waals surface area contributed by atoms with Crippen molar-refractivity contribution in [2.24, 2.45) is 0 Å². The summed E-state index contributed by atoms with van der Waals surface area (Å²) in [5.74, 6) is -1.14. The molecule has 108 valence electrons. The Morgan fingerprint density at radius 2 is 2.05 bits per heavy atom. The molecule has 1 heterocycles. The molecule has 0 fully saturated rings. The van der Waals surface area contributed by atoms with Crippen LogP contribution in [0.25, 0.3) is 0 Å². The number of pyridine rings is 1. The van der Waals surface area contributed by atoms with Gasteiger partial charge in [0.05, 0.1) is 4.92 Å². The van der Waals surface area contributed by atoms with E-state index in [1.54, 1.807) is 11.8 Å². The zero-order valence-corrected chi connectivity index (χ0v) is 11.8. The normalized spacial score (nSPS) is 10.1. The molecule has 1 aromatic heterocycles. The fourth-order valence-electron chi connectivity index (χ4n) is 1.66. The number of aromatic nitrogens is 1. The smallest absolute Gasteiger partial charge is 0.342 e. The minimum atomic E-state index is -1.37. The lowest BCUT2D eigenvalue weighted by Gasteiger charge is -2.07. The van der Waals surface area contributed by atoms with Crippen LogP contribution in [-0.2, 0) is 0 Å². The van der Waals surface area contributed by atoms with Crippen LogP contribution in [0.15, 0.2) is 41.4 Å². The molecule has 2 aromatic rings. The Morgan fingerprint density at radius 1 is 1.38 bits per heavy atom. The predicted octanol–water partition coefficient (Wildman–Crippen LogP) is 3.15. The molecule has 2 N–H and O–H groups in total. The van der Waals surface area contributed by atoms with E-state index >= 15 is 0 Å². The summed E-state index contributed by atoms with van der Waals surface area (Å²) in [6, 6.07) is 8.57. The molecule has 0 aliphatic carbocycles. The molecule has 0 saturated carbocycles. The number of carbonyl (C=O) groups is 1. The van der Waals surface area contributed by atoms with E-state index < -0.39 is 22.1 Å². The van der Waals surface area contributed by atoms with Crippen molar-refractivity contribution in [3.8, 4) is 0 Å². The van der Waals surface area contributed by atoms with E-state index in [0.717, 1.165) is 17.2 Å². The Hall–Kier alpha value is -2.61. The van der Waals surface area contributed by atoms with Gasteiger partial charge in [0, 0.05) is 16.6 Å². The molecule has 1 aromatic carbocycles. The molecule has 0 radical (unpaired) electrons. The number of nitrogens with one attached hydrogen (secondary N) is 1. The Labute approximate surface area is 124 Å². The fraction of sp³-hybridized carbons (Fsp3) is 0.0769. The van der Waals surface area contributed by atoms with E-state index in [9.17, 15) is 14.9 Å². The fourth-order valence-corrected chi connectivity index (χ4v) is 2.06. The van der Waals surface area contributed by atoms with Crippen LogP contribution in [0.1, 0.15) is 10.4 Å². The first-order valence-corrected chi connectivity index (χ1v) is 7.02. The van der Waals surface area contributed by atoms with Gasteiger partial charge in [-0.2, -0.15) is 0 Å². The average molecular weight is 305 g/mol. The summed E-state index contributed by atoms with van der Waals surface area (Å²) in [6.07, 6.45) is 2.89. The van der Waals surface area contributed by atoms with Crippen molar-refractivity contribution in [2.75, 3.05) is 11.6 Å². The van der Waals surface area contributed by atoms with Gasteiger partial charge in [0.25, 0.3) is 0 Å². The third kappa shape index (κ3) is 3.48. The second-order valence-corrected chi connectivity index (χ2v) is 4.88. The van der Waals surface area contributed by atoms with Crippen LogP contribution < -0.4 is 5.32 Å². The number of nitrogens with zero attached hydrogens (tertiary/aromatic N) is 2. The first-order chi connectivity index (χ1) is 10.0. The van der Waals surface area contributed by atoms with Crippen molar-refractivity contribution in [1.29, 1.82) is 0 Å². The van der Waals surface area contributed by atoms with Crippen LogP contribution in [0.5, 0.6) is 0 Å². The Kier molecular flexibility index (Phi) is 4.39. The van der Waals surface area contributed by atoms with E-state index in [1.807, 2.05) is 30.5 Å². The van der Waals surface area contributed by atoms with Gasteiger partial charge in [-0.1, -0.05) is 0 Å². The van der Waals surface area contributed by atoms with Gasteiger partial charge in [0.2, 0.25) is 0 Å². The van der Waals surface area contributed by atoms with E-state index in [1.165, 1.54) is 0 Å². The van der Waals surface area contributed by atoms with Crippen molar-refractivity contribution in [2.45, 2.75) is 4.90 Å². The largest absolute Gasteiger partial charge is 0.477 e. The maximum Gasteiger partial charge on any atom is 0.342 e. The van der Waals surface area contributed by atoms with Gasteiger partial charge < -0.3 is 10.4 Å². The summed E-state index contributed by atoms with van der Waals surface area (Å²) in [5, 5.41) is 22.7. The van der Waals surface area contributed by atoms with Crippen LogP contribution in [0.4, 0.5) is 17.2 Å². The summed E-state index contributed by atoms with van der Waals surface area (Å²) in [5.41, 5.74) is -0.227. The quantitative estimate of drug-likeness (QED) is 0.496. The molecule has 0 saturated heterocycles. The molecule has 0 spiro atoms. The van der Waals surface area contributed by atoms with Gasteiger partial charge in [0.1, 0.15) is 17.6 Å². The molecule has 0 atom stereocenters.